The lowest BCUT2D eigenvalue weighted by atomic mass is 10.1. The predicted octanol–water partition coefficient (Wildman–Crippen LogP) is 3.76. The maximum Gasteiger partial charge on any atom is 0.147 e. The molecule has 0 atom stereocenters. The van der Waals surface area contributed by atoms with Crippen LogP contribution in [0.15, 0.2) is 24.3 Å². The fourth-order valence-electron chi connectivity index (χ4n) is 2.86. The summed E-state index contributed by atoms with van der Waals surface area (Å²) in [4.78, 5) is 5.60. The molecule has 0 saturated carbocycles. The van der Waals surface area contributed by atoms with Gasteiger partial charge in [0.2, 0.25) is 0 Å². The van der Waals surface area contributed by atoms with Crippen molar-refractivity contribution in [2.45, 2.75) is 58.5 Å². The molecule has 1 fully saturated rings. The van der Waals surface area contributed by atoms with Gasteiger partial charge < -0.3 is 4.84 Å². The Bertz CT molecular complexity index is 413. The second kappa shape index (κ2) is 10.6. The first kappa shape index (κ1) is 18.2. The van der Waals surface area contributed by atoms with Crippen LogP contribution in [-0.4, -0.2) is 19.6 Å². The monoisotopic (exact) mass is 319 g/mol. The molecule has 1 aliphatic heterocycles. The van der Waals surface area contributed by atoms with Crippen molar-refractivity contribution >= 4 is 0 Å². The topological polar surface area (TPSA) is 45.3 Å². The van der Waals surface area contributed by atoms with Gasteiger partial charge in [-0.15, -0.1) is 0 Å². The van der Waals surface area contributed by atoms with E-state index in [-0.39, 0.29) is 6.17 Å². The second-order valence-corrected chi connectivity index (χ2v) is 6.69. The molecule has 2 rings (SSSR count). The summed E-state index contributed by atoms with van der Waals surface area (Å²) >= 11 is 0. The Morgan fingerprint density at radius 1 is 1.00 bits per heavy atom. The van der Waals surface area contributed by atoms with E-state index in [0.29, 0.717) is 5.92 Å². The van der Waals surface area contributed by atoms with E-state index in [1.807, 2.05) is 12.1 Å². The molecule has 4 nitrogen and oxygen atoms in total. The van der Waals surface area contributed by atoms with Crippen LogP contribution in [0, 0.1) is 5.92 Å². The number of hydrogen-bond acceptors (Lipinski definition) is 4. The van der Waals surface area contributed by atoms with Gasteiger partial charge in [-0.3, -0.25) is 10.6 Å². The summed E-state index contributed by atoms with van der Waals surface area (Å²) in [6, 6.07) is 8.32. The molecule has 0 radical (unpaired) electrons. The Balaban J connectivity index is 1.59. The quantitative estimate of drug-likeness (QED) is 0.454. The van der Waals surface area contributed by atoms with Crippen LogP contribution in [0.1, 0.15) is 64.1 Å². The standard InChI is InChI=1S/C19H33N3O/c1-3-4-5-6-7-8-13-22-23-18-11-9-17(10-12-18)19-20-14-16(2)15-21-19/h9-12,16,19-22H,3-8,13-15H2,1-2H3. The van der Waals surface area contributed by atoms with Gasteiger partial charge in [0.25, 0.3) is 0 Å². The maximum absolute atomic E-state index is 5.60. The molecule has 1 aromatic rings. The third kappa shape index (κ3) is 6.90. The Hall–Kier alpha value is -1.10. The molecule has 4 heteroatoms. The van der Waals surface area contributed by atoms with Crippen LogP contribution in [0.5, 0.6) is 5.75 Å². The lowest BCUT2D eigenvalue weighted by molar-refractivity contribution is 0.193. The molecule has 1 aromatic carbocycles. The number of hydrogen-bond donors (Lipinski definition) is 3. The largest absolute Gasteiger partial charge is 0.409 e. The lowest BCUT2D eigenvalue weighted by Gasteiger charge is -2.29. The molecule has 0 aromatic heterocycles. The molecule has 0 aliphatic carbocycles. The Kier molecular flexibility index (Phi) is 8.43. The van der Waals surface area contributed by atoms with Gasteiger partial charge in [0.15, 0.2) is 0 Å². The van der Waals surface area contributed by atoms with Crippen LogP contribution in [0.2, 0.25) is 0 Å². The van der Waals surface area contributed by atoms with E-state index in [0.717, 1.165) is 25.4 Å². The Morgan fingerprint density at radius 2 is 1.65 bits per heavy atom. The highest BCUT2D eigenvalue weighted by atomic mass is 16.6. The third-order valence-corrected chi connectivity index (χ3v) is 4.38. The van der Waals surface area contributed by atoms with E-state index in [9.17, 15) is 0 Å². The summed E-state index contributed by atoms with van der Waals surface area (Å²) in [6.45, 7) is 7.55. The molecule has 1 aliphatic rings. The molecule has 1 saturated heterocycles. The summed E-state index contributed by atoms with van der Waals surface area (Å²) < 4.78 is 0. The van der Waals surface area contributed by atoms with Crippen molar-refractivity contribution in [1.29, 1.82) is 0 Å². The molecule has 0 amide bonds. The number of rotatable bonds is 10. The van der Waals surface area contributed by atoms with Crippen molar-refractivity contribution in [3.05, 3.63) is 29.8 Å². The van der Waals surface area contributed by atoms with Crippen LogP contribution < -0.4 is 21.0 Å². The smallest absolute Gasteiger partial charge is 0.147 e. The van der Waals surface area contributed by atoms with Gasteiger partial charge in [0.1, 0.15) is 5.75 Å². The average molecular weight is 319 g/mol. The van der Waals surface area contributed by atoms with Crippen molar-refractivity contribution in [3.8, 4) is 5.75 Å². The average Bonchev–Trinajstić information content (AvgIpc) is 2.59. The highest BCUT2D eigenvalue weighted by molar-refractivity contribution is 5.29. The van der Waals surface area contributed by atoms with Crippen LogP contribution >= 0.6 is 0 Å². The predicted molar refractivity (Wildman–Crippen MR) is 96.4 cm³/mol. The van der Waals surface area contributed by atoms with Crippen LogP contribution in [-0.2, 0) is 0 Å². The first-order valence-corrected chi connectivity index (χ1v) is 9.26. The fraction of sp³-hybridized carbons (Fsp3) is 0.684. The van der Waals surface area contributed by atoms with E-state index in [1.54, 1.807) is 0 Å². The Labute approximate surface area is 141 Å². The number of benzene rings is 1. The molecule has 130 valence electrons. The van der Waals surface area contributed by atoms with Crippen molar-refractivity contribution in [3.63, 3.8) is 0 Å². The normalized spacial score (nSPS) is 21.3. The van der Waals surface area contributed by atoms with Gasteiger partial charge in [-0.1, -0.05) is 58.1 Å². The highest BCUT2D eigenvalue weighted by Gasteiger charge is 2.17. The van der Waals surface area contributed by atoms with Crippen LogP contribution in [0.3, 0.4) is 0 Å². The van der Waals surface area contributed by atoms with E-state index < -0.39 is 0 Å². The van der Waals surface area contributed by atoms with Crippen molar-refractivity contribution < 1.29 is 4.84 Å². The van der Waals surface area contributed by atoms with Crippen LogP contribution in [0.4, 0.5) is 0 Å². The van der Waals surface area contributed by atoms with E-state index >= 15 is 0 Å². The van der Waals surface area contributed by atoms with Gasteiger partial charge >= 0.3 is 0 Å². The molecular weight excluding hydrogens is 286 g/mol. The van der Waals surface area contributed by atoms with Gasteiger partial charge in [-0.05, 0) is 30.0 Å². The second-order valence-electron chi connectivity index (χ2n) is 6.69. The molecule has 0 unspecified atom stereocenters. The van der Waals surface area contributed by atoms with E-state index in [4.69, 9.17) is 4.84 Å². The SMILES string of the molecule is CCCCCCCCNOc1ccc(C2NCC(C)CN2)cc1. The summed E-state index contributed by atoms with van der Waals surface area (Å²) in [5.74, 6) is 1.57. The van der Waals surface area contributed by atoms with Crippen molar-refractivity contribution in [2.75, 3.05) is 19.6 Å². The van der Waals surface area contributed by atoms with E-state index in [1.165, 1.54) is 44.1 Å². The van der Waals surface area contributed by atoms with Gasteiger partial charge in [0.05, 0.1) is 6.17 Å². The molecular formula is C19H33N3O. The van der Waals surface area contributed by atoms with Gasteiger partial charge in [-0.2, -0.15) is 5.48 Å². The first-order chi connectivity index (χ1) is 11.3. The summed E-state index contributed by atoms with van der Waals surface area (Å²) in [7, 11) is 0. The number of unbranched alkanes of at least 4 members (excludes halogenated alkanes) is 5. The van der Waals surface area contributed by atoms with Crippen molar-refractivity contribution in [2.24, 2.45) is 5.92 Å². The Morgan fingerprint density at radius 3 is 2.35 bits per heavy atom. The minimum Gasteiger partial charge on any atom is -0.409 e. The minimum absolute atomic E-state index is 0.260. The van der Waals surface area contributed by atoms with Gasteiger partial charge in [0, 0.05) is 19.6 Å². The number of hydroxylamine groups is 1. The zero-order chi connectivity index (χ0) is 16.3. The number of nitrogens with one attached hydrogen (secondary N) is 3. The summed E-state index contributed by atoms with van der Waals surface area (Å²) in [5.41, 5.74) is 4.33. The molecule has 3 N–H and O–H groups in total. The van der Waals surface area contributed by atoms with E-state index in [2.05, 4.69) is 42.1 Å². The fourth-order valence-corrected chi connectivity index (χ4v) is 2.86. The summed E-state index contributed by atoms with van der Waals surface area (Å²) in [5, 5.41) is 7.04. The zero-order valence-corrected chi connectivity index (χ0v) is 14.7. The lowest BCUT2D eigenvalue weighted by Crippen LogP contribution is -2.45. The third-order valence-electron chi connectivity index (χ3n) is 4.38. The minimum atomic E-state index is 0.260. The molecule has 0 bridgehead atoms. The molecule has 23 heavy (non-hydrogen) atoms. The van der Waals surface area contributed by atoms with Gasteiger partial charge in [-0.25, -0.2) is 0 Å². The zero-order valence-electron chi connectivity index (χ0n) is 14.7. The van der Waals surface area contributed by atoms with Crippen LogP contribution in [0.25, 0.3) is 0 Å². The summed E-state index contributed by atoms with van der Waals surface area (Å²) in [6.07, 6.45) is 8.09. The molecule has 1 heterocycles. The molecule has 0 spiro atoms. The maximum atomic E-state index is 5.60. The first-order valence-electron chi connectivity index (χ1n) is 9.26. The highest BCUT2D eigenvalue weighted by Crippen LogP contribution is 2.18. The van der Waals surface area contributed by atoms with Crippen molar-refractivity contribution in [1.82, 2.24) is 16.1 Å².